The van der Waals surface area contributed by atoms with Gasteiger partial charge in [0.15, 0.2) is 5.03 Å². The van der Waals surface area contributed by atoms with E-state index in [1.54, 1.807) is 0 Å². The molecule has 6 nitrogen and oxygen atoms in total. The van der Waals surface area contributed by atoms with E-state index in [9.17, 15) is 17.2 Å². The van der Waals surface area contributed by atoms with E-state index < -0.39 is 22.7 Å². The van der Waals surface area contributed by atoms with Crippen molar-refractivity contribution in [2.24, 2.45) is 0 Å². The first kappa shape index (κ1) is 17.0. The first-order valence-corrected chi connectivity index (χ1v) is 8.90. The SMILES string of the molecule is O=S(=O)(c1ccnn1CCc1ccccc1)N1CCOC(F)(F)C1. The molecule has 0 radical (unpaired) electrons. The molecule has 1 saturated heterocycles. The fraction of sp³-hybridized carbons (Fsp3) is 0.400. The Kier molecular flexibility index (Phi) is 4.66. The Morgan fingerprint density at radius 3 is 2.67 bits per heavy atom. The molecular weight excluding hydrogens is 340 g/mol. The third kappa shape index (κ3) is 3.63. The Bertz CT molecular complexity index is 793. The molecule has 0 saturated carbocycles. The van der Waals surface area contributed by atoms with E-state index in [0.717, 1.165) is 9.87 Å². The smallest absolute Gasteiger partial charge is 0.318 e. The quantitative estimate of drug-likeness (QED) is 0.818. The molecule has 0 unspecified atom stereocenters. The van der Waals surface area contributed by atoms with E-state index in [-0.39, 0.29) is 18.2 Å². The zero-order valence-corrected chi connectivity index (χ0v) is 13.6. The number of nitrogens with zero attached hydrogens (tertiary/aromatic N) is 3. The van der Waals surface area contributed by atoms with Crippen molar-refractivity contribution in [1.82, 2.24) is 14.1 Å². The van der Waals surface area contributed by atoms with Crippen molar-refractivity contribution in [3.8, 4) is 0 Å². The van der Waals surface area contributed by atoms with Crippen LogP contribution in [0, 0.1) is 0 Å². The number of morpholine rings is 1. The molecule has 0 aliphatic carbocycles. The highest BCUT2D eigenvalue weighted by molar-refractivity contribution is 7.89. The third-order valence-electron chi connectivity index (χ3n) is 3.75. The lowest BCUT2D eigenvalue weighted by atomic mass is 10.1. The predicted octanol–water partition coefficient (Wildman–Crippen LogP) is 1.74. The van der Waals surface area contributed by atoms with E-state index in [1.165, 1.54) is 16.9 Å². The average Bonchev–Trinajstić information content (AvgIpc) is 3.02. The zero-order valence-electron chi connectivity index (χ0n) is 12.8. The second-order valence-electron chi connectivity index (χ2n) is 5.45. The molecular formula is C15H17F2N3O3S. The summed E-state index contributed by atoms with van der Waals surface area (Å²) in [6, 6.07) is 10.9. The van der Waals surface area contributed by atoms with Crippen LogP contribution < -0.4 is 0 Å². The molecule has 2 heterocycles. The van der Waals surface area contributed by atoms with E-state index in [0.29, 0.717) is 13.0 Å². The predicted molar refractivity (Wildman–Crippen MR) is 82.0 cm³/mol. The van der Waals surface area contributed by atoms with Gasteiger partial charge in [0.25, 0.3) is 10.0 Å². The Hall–Kier alpha value is -1.84. The molecule has 2 aromatic rings. The third-order valence-corrected chi connectivity index (χ3v) is 5.62. The van der Waals surface area contributed by atoms with Gasteiger partial charge in [0.2, 0.25) is 0 Å². The van der Waals surface area contributed by atoms with Gasteiger partial charge < -0.3 is 4.74 Å². The van der Waals surface area contributed by atoms with Crippen LogP contribution in [0.3, 0.4) is 0 Å². The molecule has 1 fully saturated rings. The van der Waals surface area contributed by atoms with Crippen molar-refractivity contribution in [2.75, 3.05) is 19.7 Å². The monoisotopic (exact) mass is 357 g/mol. The van der Waals surface area contributed by atoms with Crippen molar-refractivity contribution in [3.05, 3.63) is 48.2 Å². The van der Waals surface area contributed by atoms with Gasteiger partial charge in [0.05, 0.1) is 12.8 Å². The lowest BCUT2D eigenvalue weighted by Gasteiger charge is -2.31. The lowest BCUT2D eigenvalue weighted by Crippen LogP contribution is -2.49. The molecule has 3 rings (SSSR count). The Balaban J connectivity index is 1.78. The second kappa shape index (κ2) is 6.58. The molecule has 1 aromatic carbocycles. The van der Waals surface area contributed by atoms with E-state index >= 15 is 0 Å². The number of ether oxygens (including phenoxy) is 1. The minimum atomic E-state index is -4.05. The number of hydrogen-bond donors (Lipinski definition) is 0. The maximum atomic E-state index is 13.3. The molecule has 0 amide bonds. The first-order chi connectivity index (χ1) is 11.4. The average molecular weight is 357 g/mol. The van der Waals surface area contributed by atoms with Crippen LogP contribution >= 0.6 is 0 Å². The van der Waals surface area contributed by atoms with Crippen molar-refractivity contribution in [2.45, 2.75) is 24.1 Å². The second-order valence-corrected chi connectivity index (χ2v) is 7.34. The van der Waals surface area contributed by atoms with E-state index in [2.05, 4.69) is 9.84 Å². The van der Waals surface area contributed by atoms with Gasteiger partial charge in [0, 0.05) is 13.1 Å². The number of halogens is 2. The first-order valence-electron chi connectivity index (χ1n) is 7.46. The van der Waals surface area contributed by atoms with Crippen LogP contribution in [0.1, 0.15) is 5.56 Å². The molecule has 1 aliphatic rings. The molecule has 0 bridgehead atoms. The minimum absolute atomic E-state index is 0.0869. The van der Waals surface area contributed by atoms with Crippen LogP contribution in [-0.4, -0.2) is 48.3 Å². The van der Waals surface area contributed by atoms with Gasteiger partial charge in [-0.3, -0.25) is 4.68 Å². The van der Waals surface area contributed by atoms with Crippen LogP contribution in [0.4, 0.5) is 8.78 Å². The van der Waals surface area contributed by atoms with Crippen LogP contribution in [0.5, 0.6) is 0 Å². The molecule has 9 heteroatoms. The fourth-order valence-electron chi connectivity index (χ4n) is 2.55. The molecule has 1 aliphatic heterocycles. The van der Waals surface area contributed by atoms with Crippen LogP contribution in [-0.2, 0) is 27.7 Å². The molecule has 130 valence electrons. The highest BCUT2D eigenvalue weighted by Gasteiger charge is 2.42. The van der Waals surface area contributed by atoms with Crippen molar-refractivity contribution < 1.29 is 21.9 Å². The fourth-order valence-corrected chi connectivity index (χ4v) is 4.09. The number of aryl methyl sites for hydroxylation is 2. The number of sulfonamides is 1. The molecule has 24 heavy (non-hydrogen) atoms. The minimum Gasteiger partial charge on any atom is -0.318 e. The maximum absolute atomic E-state index is 13.3. The standard InChI is InChI=1S/C15H17F2N3O3S/c16-15(17)12-19(10-11-23-15)24(21,22)14-6-8-18-20(14)9-7-13-4-2-1-3-5-13/h1-6,8H,7,9-12H2. The molecule has 0 spiro atoms. The van der Waals surface area contributed by atoms with Crippen molar-refractivity contribution in [1.29, 1.82) is 0 Å². The summed E-state index contributed by atoms with van der Waals surface area (Å²) < 4.78 is 58.3. The summed E-state index contributed by atoms with van der Waals surface area (Å²) in [7, 11) is -4.05. The Labute approximate surface area is 138 Å². The Morgan fingerprint density at radius 1 is 1.21 bits per heavy atom. The summed E-state index contributed by atoms with van der Waals surface area (Å²) in [6.45, 7) is -1.10. The summed E-state index contributed by atoms with van der Waals surface area (Å²) in [5.41, 5.74) is 1.04. The van der Waals surface area contributed by atoms with Gasteiger partial charge in [-0.25, -0.2) is 8.42 Å². The molecule has 0 N–H and O–H groups in total. The van der Waals surface area contributed by atoms with Crippen LogP contribution in [0.15, 0.2) is 47.6 Å². The summed E-state index contributed by atoms with van der Waals surface area (Å²) in [5, 5.41) is 3.93. The number of alkyl halides is 2. The number of hydrogen-bond acceptors (Lipinski definition) is 4. The highest BCUT2D eigenvalue weighted by Crippen LogP contribution is 2.26. The number of benzene rings is 1. The number of rotatable bonds is 5. The van der Waals surface area contributed by atoms with Gasteiger partial charge in [-0.15, -0.1) is 0 Å². The molecule has 0 atom stereocenters. The van der Waals surface area contributed by atoms with Gasteiger partial charge in [0.1, 0.15) is 6.54 Å². The normalized spacial score (nSPS) is 18.6. The van der Waals surface area contributed by atoms with Gasteiger partial charge in [-0.05, 0) is 18.1 Å². The Morgan fingerprint density at radius 2 is 1.96 bits per heavy atom. The zero-order chi connectivity index (χ0) is 17.2. The summed E-state index contributed by atoms with van der Waals surface area (Å²) in [4.78, 5) is 0. The number of aromatic nitrogens is 2. The topological polar surface area (TPSA) is 64.4 Å². The van der Waals surface area contributed by atoms with Gasteiger partial charge in [-0.2, -0.15) is 18.2 Å². The van der Waals surface area contributed by atoms with E-state index in [4.69, 9.17) is 0 Å². The van der Waals surface area contributed by atoms with E-state index in [1.807, 2.05) is 30.3 Å². The largest absolute Gasteiger partial charge is 0.369 e. The highest BCUT2D eigenvalue weighted by atomic mass is 32.2. The summed E-state index contributed by atoms with van der Waals surface area (Å²) >= 11 is 0. The van der Waals surface area contributed by atoms with Crippen LogP contribution in [0.2, 0.25) is 0 Å². The summed E-state index contributed by atoms with van der Waals surface area (Å²) in [5.74, 6) is 0. The lowest BCUT2D eigenvalue weighted by molar-refractivity contribution is -0.260. The van der Waals surface area contributed by atoms with Gasteiger partial charge >= 0.3 is 6.11 Å². The van der Waals surface area contributed by atoms with Crippen molar-refractivity contribution in [3.63, 3.8) is 0 Å². The summed E-state index contributed by atoms with van der Waals surface area (Å²) in [6.07, 6.45) is -1.53. The molecule has 1 aromatic heterocycles. The maximum Gasteiger partial charge on any atom is 0.369 e. The van der Waals surface area contributed by atoms with Crippen molar-refractivity contribution >= 4 is 10.0 Å². The van der Waals surface area contributed by atoms with Gasteiger partial charge in [-0.1, -0.05) is 30.3 Å². The van der Waals surface area contributed by atoms with Crippen LogP contribution in [0.25, 0.3) is 0 Å².